The number of aromatic nitrogens is 1. The highest BCUT2D eigenvalue weighted by Crippen LogP contribution is 2.34. The van der Waals surface area contributed by atoms with Crippen molar-refractivity contribution in [1.29, 1.82) is 0 Å². The second-order valence-corrected chi connectivity index (χ2v) is 7.30. The highest BCUT2D eigenvalue weighted by molar-refractivity contribution is 5.79. The first-order chi connectivity index (χ1) is 14.8. The average molecular weight is 368 g/mol. The molecule has 28 heavy (non-hydrogen) atoms. The standard InChI is InChI=1S/C27H26N/c1-19-11-13-22(14-12-19)23-15-16-24(20(2)18-23)25-8-7-9-26(21(25)3)27-10-5-6-17-28(27)4/h5-18H,1-4H3/q+1/i2D3. The van der Waals surface area contributed by atoms with Gasteiger partial charge in [0.25, 0.3) is 0 Å². The van der Waals surface area contributed by atoms with Gasteiger partial charge in [-0.2, -0.15) is 0 Å². The molecule has 0 bridgehead atoms. The van der Waals surface area contributed by atoms with Gasteiger partial charge in [0.1, 0.15) is 7.05 Å². The first-order valence-corrected chi connectivity index (χ1v) is 9.52. The van der Waals surface area contributed by atoms with Crippen molar-refractivity contribution in [3.8, 4) is 33.5 Å². The molecule has 1 heterocycles. The number of pyridine rings is 1. The molecule has 0 unspecified atom stereocenters. The summed E-state index contributed by atoms with van der Waals surface area (Å²) in [4.78, 5) is 0. The topological polar surface area (TPSA) is 3.88 Å². The maximum atomic E-state index is 8.21. The summed E-state index contributed by atoms with van der Waals surface area (Å²) in [5.41, 5.74) is 8.45. The average Bonchev–Trinajstić information content (AvgIpc) is 2.74. The van der Waals surface area contributed by atoms with Crippen molar-refractivity contribution < 1.29 is 8.68 Å². The Morgan fingerprint density at radius 1 is 0.714 bits per heavy atom. The molecule has 4 aromatic rings. The molecule has 0 saturated carbocycles. The molecule has 138 valence electrons. The number of aryl methyl sites for hydroxylation is 3. The molecule has 1 nitrogen and oxygen atoms in total. The Labute approximate surface area is 172 Å². The van der Waals surface area contributed by atoms with Crippen molar-refractivity contribution in [2.45, 2.75) is 20.7 Å². The van der Waals surface area contributed by atoms with Gasteiger partial charge in [0.2, 0.25) is 5.69 Å². The van der Waals surface area contributed by atoms with Crippen molar-refractivity contribution in [2.24, 2.45) is 7.05 Å². The Kier molecular flexibility index (Phi) is 3.94. The van der Waals surface area contributed by atoms with Gasteiger partial charge < -0.3 is 0 Å². The van der Waals surface area contributed by atoms with Crippen LogP contribution in [0.25, 0.3) is 33.5 Å². The number of benzene rings is 3. The Balaban J connectivity index is 1.89. The first-order valence-electron chi connectivity index (χ1n) is 11.0. The van der Waals surface area contributed by atoms with Crippen LogP contribution in [-0.4, -0.2) is 0 Å². The summed E-state index contributed by atoms with van der Waals surface area (Å²) in [6, 6.07) is 26.2. The SMILES string of the molecule is [2H]C([2H])([2H])c1cc(-c2ccc(C)cc2)ccc1-c1cccc(-c2cccc[n+]2C)c1C. The highest BCUT2D eigenvalue weighted by Gasteiger charge is 2.15. The predicted octanol–water partition coefficient (Wildman–Crippen LogP) is 6.44. The fraction of sp³-hybridized carbons (Fsp3) is 0.148. The second-order valence-electron chi connectivity index (χ2n) is 7.30. The van der Waals surface area contributed by atoms with Crippen LogP contribution >= 0.6 is 0 Å². The lowest BCUT2D eigenvalue weighted by Crippen LogP contribution is -2.30. The normalized spacial score (nSPS) is 12.9. The Morgan fingerprint density at radius 3 is 2.21 bits per heavy atom. The van der Waals surface area contributed by atoms with Crippen LogP contribution in [-0.2, 0) is 7.05 Å². The molecule has 1 aromatic heterocycles. The van der Waals surface area contributed by atoms with Gasteiger partial charge in [-0.25, -0.2) is 4.57 Å². The molecule has 0 atom stereocenters. The Morgan fingerprint density at radius 2 is 1.46 bits per heavy atom. The van der Waals surface area contributed by atoms with Crippen molar-refractivity contribution in [3.05, 3.63) is 102 Å². The van der Waals surface area contributed by atoms with Gasteiger partial charge in [0.05, 0.1) is 0 Å². The van der Waals surface area contributed by atoms with E-state index in [9.17, 15) is 0 Å². The van der Waals surface area contributed by atoms with E-state index < -0.39 is 6.85 Å². The fourth-order valence-electron chi connectivity index (χ4n) is 3.71. The third-order valence-electron chi connectivity index (χ3n) is 5.36. The minimum absolute atomic E-state index is 0.378. The van der Waals surface area contributed by atoms with Crippen LogP contribution in [0.4, 0.5) is 0 Å². The summed E-state index contributed by atoms with van der Waals surface area (Å²) in [6.45, 7) is 1.90. The summed E-state index contributed by atoms with van der Waals surface area (Å²) in [7, 11) is 2.02. The van der Waals surface area contributed by atoms with E-state index in [4.69, 9.17) is 4.11 Å². The van der Waals surface area contributed by atoms with Gasteiger partial charge in [-0.3, -0.25) is 0 Å². The third kappa shape index (κ3) is 3.36. The lowest BCUT2D eigenvalue weighted by Gasteiger charge is -2.14. The van der Waals surface area contributed by atoms with Gasteiger partial charge in [0, 0.05) is 21.8 Å². The molecule has 0 aliphatic heterocycles. The van der Waals surface area contributed by atoms with Gasteiger partial charge in [-0.1, -0.05) is 60.2 Å². The molecule has 0 N–H and O–H groups in total. The summed E-state index contributed by atoms with van der Waals surface area (Å²) < 4.78 is 26.7. The zero-order chi connectivity index (χ0) is 22.2. The molecule has 0 spiro atoms. The van der Waals surface area contributed by atoms with E-state index >= 15 is 0 Å². The van der Waals surface area contributed by atoms with E-state index in [1.165, 1.54) is 5.56 Å². The summed E-state index contributed by atoms with van der Waals surface area (Å²) >= 11 is 0. The van der Waals surface area contributed by atoms with Crippen molar-refractivity contribution in [3.63, 3.8) is 0 Å². The summed E-state index contributed by atoms with van der Waals surface area (Å²) in [5.74, 6) is 0. The van der Waals surface area contributed by atoms with Crippen LogP contribution in [0, 0.1) is 20.7 Å². The molecule has 0 aliphatic rings. The molecule has 0 saturated heterocycles. The van der Waals surface area contributed by atoms with Crippen LogP contribution in [0.5, 0.6) is 0 Å². The molecule has 3 aromatic carbocycles. The molecular weight excluding hydrogens is 338 g/mol. The van der Waals surface area contributed by atoms with Gasteiger partial charge >= 0.3 is 0 Å². The molecule has 0 aliphatic carbocycles. The second kappa shape index (κ2) is 7.44. The highest BCUT2D eigenvalue weighted by atomic mass is 14.9. The number of hydrogen-bond donors (Lipinski definition) is 0. The quantitative estimate of drug-likeness (QED) is 0.367. The maximum Gasteiger partial charge on any atom is 0.212 e. The molecule has 0 radical (unpaired) electrons. The van der Waals surface area contributed by atoms with Crippen molar-refractivity contribution in [1.82, 2.24) is 0 Å². The lowest BCUT2D eigenvalue weighted by atomic mass is 9.90. The number of rotatable bonds is 3. The minimum atomic E-state index is -2.21. The predicted molar refractivity (Wildman–Crippen MR) is 118 cm³/mol. The van der Waals surface area contributed by atoms with E-state index in [0.29, 0.717) is 5.56 Å². The maximum absolute atomic E-state index is 8.21. The van der Waals surface area contributed by atoms with Gasteiger partial charge in [0.15, 0.2) is 6.20 Å². The molecule has 0 amide bonds. The summed E-state index contributed by atoms with van der Waals surface area (Å²) in [6.07, 6.45) is 2.02. The van der Waals surface area contributed by atoms with Gasteiger partial charge in [-0.05, 0) is 66.2 Å². The van der Waals surface area contributed by atoms with E-state index in [2.05, 4.69) is 23.6 Å². The minimum Gasteiger partial charge on any atom is -0.201 e. The monoisotopic (exact) mass is 367 g/mol. The van der Waals surface area contributed by atoms with Crippen molar-refractivity contribution >= 4 is 0 Å². The fourth-order valence-corrected chi connectivity index (χ4v) is 3.71. The molecule has 4 rings (SSSR count). The Bertz CT molecular complexity index is 1240. The van der Waals surface area contributed by atoms with Crippen LogP contribution in [0.2, 0.25) is 0 Å². The van der Waals surface area contributed by atoms with Gasteiger partial charge in [-0.15, -0.1) is 0 Å². The lowest BCUT2D eigenvalue weighted by molar-refractivity contribution is -0.660. The van der Waals surface area contributed by atoms with E-state index in [-0.39, 0.29) is 0 Å². The smallest absolute Gasteiger partial charge is 0.201 e. The zero-order valence-corrected chi connectivity index (χ0v) is 16.5. The molecule has 0 fully saturated rings. The largest absolute Gasteiger partial charge is 0.212 e. The molecule has 1 heteroatoms. The number of hydrogen-bond acceptors (Lipinski definition) is 0. The third-order valence-corrected chi connectivity index (χ3v) is 5.36. The van der Waals surface area contributed by atoms with Crippen LogP contribution in [0.15, 0.2) is 85.1 Å². The van der Waals surface area contributed by atoms with Crippen molar-refractivity contribution in [2.75, 3.05) is 0 Å². The first kappa shape index (κ1) is 14.8. The molecular formula is C27H26N+. The number of nitrogens with zero attached hydrogens (tertiary/aromatic N) is 1. The summed E-state index contributed by atoms with van der Waals surface area (Å²) in [5, 5.41) is 0. The van der Waals surface area contributed by atoms with Crippen LogP contribution in [0.3, 0.4) is 0 Å². The van der Waals surface area contributed by atoms with Crippen LogP contribution in [0.1, 0.15) is 20.8 Å². The van der Waals surface area contributed by atoms with Crippen LogP contribution < -0.4 is 4.57 Å². The van der Waals surface area contributed by atoms with E-state index in [0.717, 1.165) is 39.1 Å². The zero-order valence-electron chi connectivity index (χ0n) is 19.5. The van der Waals surface area contributed by atoms with E-state index in [1.807, 2.05) is 86.9 Å². The van der Waals surface area contributed by atoms with E-state index in [1.54, 1.807) is 0 Å². The Hall–Kier alpha value is -3.19.